The van der Waals surface area contributed by atoms with Crippen LogP contribution in [0, 0.1) is 0 Å². The summed E-state index contributed by atoms with van der Waals surface area (Å²) in [6.07, 6.45) is 48.3. The maximum Gasteiger partial charge on any atom is 0.306 e. The van der Waals surface area contributed by atoms with Gasteiger partial charge in [-0.05, 0) is 26.2 Å². The lowest BCUT2D eigenvalue weighted by Crippen LogP contribution is -2.41. The van der Waals surface area contributed by atoms with Crippen LogP contribution in [0.2, 0.25) is 0 Å². The lowest BCUT2D eigenvalue weighted by molar-refractivity contribution is -0.155. The van der Waals surface area contributed by atoms with Gasteiger partial charge in [0, 0.05) is 24.5 Å². The molecule has 0 N–H and O–H groups in total. The van der Waals surface area contributed by atoms with Crippen molar-refractivity contribution in [3.05, 3.63) is 0 Å². The average molecular weight is 781 g/mol. The molecule has 0 saturated carbocycles. The van der Waals surface area contributed by atoms with Crippen LogP contribution in [0.25, 0.3) is 0 Å². The summed E-state index contributed by atoms with van der Waals surface area (Å²) in [4.78, 5) is 13.7. The molecule has 5 heteroatoms. The molecular formula is C49H96O4S. The van der Waals surface area contributed by atoms with Crippen molar-refractivity contribution < 1.29 is 19.0 Å². The summed E-state index contributed by atoms with van der Waals surface area (Å²) >= 11 is 5.64. The van der Waals surface area contributed by atoms with E-state index in [-0.39, 0.29) is 12.1 Å². The predicted octanol–water partition coefficient (Wildman–Crippen LogP) is 16.6. The summed E-state index contributed by atoms with van der Waals surface area (Å²) in [6, 6.07) is 0. The number of hydrogen-bond donors (Lipinski definition) is 0. The van der Waals surface area contributed by atoms with Gasteiger partial charge >= 0.3 is 5.97 Å². The highest BCUT2D eigenvalue weighted by molar-refractivity contribution is 7.80. The third-order valence-electron chi connectivity index (χ3n) is 11.2. The number of carbonyl (C=O) groups excluding carboxylic acids is 1. The number of thiocarbonyl (C=S) groups is 1. The van der Waals surface area contributed by atoms with Crippen molar-refractivity contribution in [2.45, 2.75) is 284 Å². The molecule has 0 aromatic carbocycles. The average Bonchev–Trinajstić information content (AvgIpc) is 3.16. The van der Waals surface area contributed by atoms with E-state index < -0.39 is 6.10 Å². The summed E-state index contributed by atoms with van der Waals surface area (Å²) in [7, 11) is 0. The molecule has 0 amide bonds. The Hall–Kier alpha value is -0.520. The third-order valence-corrected chi connectivity index (χ3v) is 11.5. The van der Waals surface area contributed by atoms with Crippen molar-refractivity contribution >= 4 is 23.1 Å². The summed E-state index contributed by atoms with van der Waals surface area (Å²) in [5.41, 5.74) is 0. The number of carbonyl (C=O) groups is 1. The summed E-state index contributed by atoms with van der Waals surface area (Å²) in [6.45, 7) is 10.6. The zero-order valence-corrected chi connectivity index (χ0v) is 38.0. The topological polar surface area (TPSA) is 44.8 Å². The molecular weight excluding hydrogens is 685 g/mol. The molecule has 0 aliphatic carbocycles. The summed E-state index contributed by atoms with van der Waals surface area (Å²) < 4.78 is 18.6. The lowest BCUT2D eigenvalue weighted by atomic mass is 10.0. The van der Waals surface area contributed by atoms with Gasteiger partial charge in [0.15, 0.2) is 6.10 Å². The smallest absolute Gasteiger partial charge is 0.306 e. The highest BCUT2D eigenvalue weighted by atomic mass is 32.1. The molecule has 4 nitrogen and oxygen atoms in total. The Morgan fingerprint density at radius 2 is 0.722 bits per heavy atom. The van der Waals surface area contributed by atoms with Gasteiger partial charge in [-0.25, -0.2) is 0 Å². The van der Waals surface area contributed by atoms with Crippen LogP contribution >= 0.6 is 12.2 Å². The largest absolute Gasteiger partial charge is 0.454 e. The molecule has 0 radical (unpaired) electrons. The standard InChI is InChI=1S/C49H96O4S/c1-5-8-11-14-17-20-23-26-27-30-33-36-39-42-48(50)53-49(46(4)54)47(52-44-41-38-35-32-29-25-22-19-16-13-10-7-3)45-51-43-40-37-34-31-28-24-21-18-15-12-9-6-2/h47,49H,5-45H2,1-4H3. The van der Waals surface area contributed by atoms with E-state index in [9.17, 15) is 4.79 Å². The maximum atomic E-state index is 13.0. The first kappa shape index (κ1) is 53.5. The van der Waals surface area contributed by atoms with Crippen LogP contribution in [0.15, 0.2) is 0 Å². The zero-order valence-electron chi connectivity index (χ0n) is 37.2. The monoisotopic (exact) mass is 781 g/mol. The molecule has 322 valence electrons. The van der Waals surface area contributed by atoms with Gasteiger partial charge in [-0.2, -0.15) is 0 Å². The van der Waals surface area contributed by atoms with E-state index in [0.717, 1.165) is 32.3 Å². The number of rotatable bonds is 46. The van der Waals surface area contributed by atoms with Crippen molar-refractivity contribution in [2.75, 3.05) is 19.8 Å². The maximum absolute atomic E-state index is 13.0. The van der Waals surface area contributed by atoms with Crippen molar-refractivity contribution in [2.24, 2.45) is 0 Å². The molecule has 2 unspecified atom stereocenters. The van der Waals surface area contributed by atoms with Gasteiger partial charge in [-0.1, -0.05) is 251 Å². The molecule has 2 atom stereocenters. The summed E-state index contributed by atoms with van der Waals surface area (Å²) in [5.74, 6) is -0.146. The molecule has 0 heterocycles. The Bertz CT molecular complexity index is 758. The first-order valence-electron chi connectivity index (χ1n) is 24.5. The Morgan fingerprint density at radius 3 is 1.06 bits per heavy atom. The van der Waals surface area contributed by atoms with Gasteiger partial charge in [0.05, 0.1) is 6.61 Å². The van der Waals surface area contributed by atoms with E-state index in [1.165, 1.54) is 212 Å². The zero-order chi connectivity index (χ0) is 39.4. The van der Waals surface area contributed by atoms with Gasteiger partial charge in [0.25, 0.3) is 0 Å². The van der Waals surface area contributed by atoms with Gasteiger partial charge in [-0.3, -0.25) is 4.79 Å². The fraction of sp³-hybridized carbons (Fsp3) is 0.959. The molecule has 0 aliphatic heterocycles. The Labute approximate surface area is 344 Å². The van der Waals surface area contributed by atoms with Crippen LogP contribution in [-0.2, 0) is 19.0 Å². The van der Waals surface area contributed by atoms with Crippen molar-refractivity contribution in [1.82, 2.24) is 0 Å². The Kier molecular flexibility index (Phi) is 44.8. The highest BCUT2D eigenvalue weighted by Crippen LogP contribution is 2.17. The minimum atomic E-state index is -0.520. The number of unbranched alkanes of at least 4 members (excludes halogenated alkanes) is 34. The quantitative estimate of drug-likeness (QED) is 0.0350. The minimum Gasteiger partial charge on any atom is -0.454 e. The van der Waals surface area contributed by atoms with Crippen LogP contribution in [-0.4, -0.2) is 42.9 Å². The van der Waals surface area contributed by atoms with Crippen LogP contribution in [0.4, 0.5) is 0 Å². The third kappa shape index (κ3) is 39.7. The molecule has 0 rings (SSSR count). The Balaban J connectivity index is 4.45. The first-order valence-corrected chi connectivity index (χ1v) is 24.9. The second-order valence-corrected chi connectivity index (χ2v) is 17.4. The lowest BCUT2D eigenvalue weighted by Gasteiger charge is -2.27. The number of esters is 1. The molecule has 0 aromatic heterocycles. The van der Waals surface area contributed by atoms with E-state index in [0.29, 0.717) is 24.5 Å². The van der Waals surface area contributed by atoms with Gasteiger partial charge in [0.1, 0.15) is 6.10 Å². The highest BCUT2D eigenvalue weighted by Gasteiger charge is 2.28. The second-order valence-electron chi connectivity index (χ2n) is 16.8. The van der Waals surface area contributed by atoms with Gasteiger partial charge < -0.3 is 14.2 Å². The number of hydrogen-bond acceptors (Lipinski definition) is 5. The normalized spacial score (nSPS) is 12.7. The van der Waals surface area contributed by atoms with E-state index >= 15 is 0 Å². The Morgan fingerprint density at radius 1 is 0.426 bits per heavy atom. The van der Waals surface area contributed by atoms with Crippen LogP contribution in [0.1, 0.15) is 272 Å². The van der Waals surface area contributed by atoms with E-state index in [4.69, 9.17) is 26.4 Å². The molecule has 0 aromatic rings. The van der Waals surface area contributed by atoms with Crippen molar-refractivity contribution in [3.63, 3.8) is 0 Å². The fourth-order valence-corrected chi connectivity index (χ4v) is 7.75. The van der Waals surface area contributed by atoms with Crippen LogP contribution in [0.3, 0.4) is 0 Å². The molecule has 0 bridgehead atoms. The second kappa shape index (κ2) is 45.2. The molecule has 0 fully saturated rings. The summed E-state index contributed by atoms with van der Waals surface area (Å²) in [5, 5.41) is 0. The molecule has 0 aliphatic rings. The SMILES string of the molecule is CCCCCCCCCCCCCCCC(=O)OC(C(C)=S)C(COCCCCCCCCCCCCCC)OCCCCCCCCCCCCCC. The van der Waals surface area contributed by atoms with E-state index in [1.54, 1.807) is 0 Å². The fourth-order valence-electron chi connectivity index (χ4n) is 7.55. The molecule has 54 heavy (non-hydrogen) atoms. The van der Waals surface area contributed by atoms with Crippen LogP contribution < -0.4 is 0 Å². The van der Waals surface area contributed by atoms with Crippen molar-refractivity contribution in [1.29, 1.82) is 0 Å². The van der Waals surface area contributed by atoms with E-state index in [1.807, 2.05) is 6.92 Å². The van der Waals surface area contributed by atoms with E-state index in [2.05, 4.69) is 20.8 Å². The predicted molar refractivity (Wildman–Crippen MR) is 241 cm³/mol. The van der Waals surface area contributed by atoms with Gasteiger partial charge in [-0.15, -0.1) is 0 Å². The van der Waals surface area contributed by atoms with Crippen LogP contribution in [0.5, 0.6) is 0 Å². The molecule has 0 spiro atoms. The molecule has 0 saturated heterocycles. The van der Waals surface area contributed by atoms with Crippen molar-refractivity contribution in [3.8, 4) is 0 Å². The minimum absolute atomic E-state index is 0.146. The first-order chi connectivity index (χ1) is 26.6. The number of ether oxygens (including phenoxy) is 3. The van der Waals surface area contributed by atoms with Gasteiger partial charge in [0.2, 0.25) is 0 Å².